The molecule has 0 bridgehead atoms. The molecule has 1 spiro atoms. The van der Waals surface area contributed by atoms with Crippen molar-refractivity contribution in [2.75, 3.05) is 18.4 Å². The van der Waals surface area contributed by atoms with E-state index in [9.17, 15) is 9.59 Å². The van der Waals surface area contributed by atoms with Crippen molar-refractivity contribution in [3.8, 4) is 11.1 Å². The Hall–Kier alpha value is -3.93. The van der Waals surface area contributed by atoms with Crippen molar-refractivity contribution >= 4 is 28.5 Å². The van der Waals surface area contributed by atoms with E-state index in [0.717, 1.165) is 65.5 Å². The molecule has 2 aromatic heterocycles. The number of amides is 2. The molecule has 4 heterocycles. The number of aromatic amines is 1. The number of pyridine rings is 1. The molecule has 0 saturated carbocycles. The van der Waals surface area contributed by atoms with Crippen LogP contribution in [-0.4, -0.2) is 39.8 Å². The number of carbonyl (C=O) groups is 2. The lowest BCUT2D eigenvalue weighted by Crippen LogP contribution is -2.44. The van der Waals surface area contributed by atoms with Crippen LogP contribution in [0.25, 0.3) is 22.0 Å². The van der Waals surface area contributed by atoms with E-state index in [1.165, 1.54) is 17.5 Å². The summed E-state index contributed by atoms with van der Waals surface area (Å²) in [5.41, 5.74) is 7.79. The second-order valence-electron chi connectivity index (χ2n) is 10.1. The van der Waals surface area contributed by atoms with Gasteiger partial charge in [0.15, 0.2) is 0 Å². The van der Waals surface area contributed by atoms with Gasteiger partial charge in [0.25, 0.3) is 5.91 Å². The molecule has 2 aromatic carbocycles. The molecule has 0 radical (unpaired) electrons. The van der Waals surface area contributed by atoms with Gasteiger partial charge in [0, 0.05) is 58.6 Å². The van der Waals surface area contributed by atoms with Gasteiger partial charge < -0.3 is 15.2 Å². The summed E-state index contributed by atoms with van der Waals surface area (Å²) in [6, 6.07) is 16.8. The summed E-state index contributed by atoms with van der Waals surface area (Å²) in [5, 5.41) is 3.82. The second-order valence-corrected chi connectivity index (χ2v) is 10.1. The van der Waals surface area contributed by atoms with Crippen LogP contribution in [0.3, 0.4) is 0 Å². The first-order valence-corrected chi connectivity index (χ1v) is 12.4. The van der Waals surface area contributed by atoms with Crippen LogP contribution in [-0.2, 0) is 23.1 Å². The summed E-state index contributed by atoms with van der Waals surface area (Å²) >= 11 is 0. The van der Waals surface area contributed by atoms with Crippen LogP contribution in [0.2, 0.25) is 0 Å². The molecule has 2 N–H and O–H groups in total. The van der Waals surface area contributed by atoms with Crippen molar-refractivity contribution in [3.63, 3.8) is 0 Å². The fraction of sp³-hybridized carbons (Fsp3) is 0.276. The maximum absolute atomic E-state index is 13.4. The molecular formula is C29H26N4O2. The zero-order valence-corrected chi connectivity index (χ0v) is 19.4. The summed E-state index contributed by atoms with van der Waals surface area (Å²) in [6.07, 6.45) is 8.53. The standard InChI is InChI=1S/C29H26N4O2/c34-26-15-20-13-21(16-31-27(20)32-26)23-17-30-25-14-19(5-6-22(23)25)28(35)33-11-9-29(10-12-33)8-7-18-3-1-2-4-24(18)29/h1-6,13-14,16-17,30H,7-12,15H2,(H,31,32,34). The van der Waals surface area contributed by atoms with E-state index in [1.807, 2.05) is 35.4 Å². The van der Waals surface area contributed by atoms with Gasteiger partial charge in [-0.25, -0.2) is 4.98 Å². The number of nitrogens with one attached hydrogen (secondary N) is 2. The highest BCUT2D eigenvalue weighted by Crippen LogP contribution is 2.46. The van der Waals surface area contributed by atoms with Crippen LogP contribution < -0.4 is 5.32 Å². The number of benzene rings is 2. The Morgan fingerprint density at radius 1 is 1.00 bits per heavy atom. The lowest BCUT2D eigenvalue weighted by molar-refractivity contribution is -0.115. The maximum Gasteiger partial charge on any atom is 0.253 e. The molecule has 2 aliphatic heterocycles. The van der Waals surface area contributed by atoms with Gasteiger partial charge in [-0.05, 0) is 60.4 Å². The Labute approximate surface area is 203 Å². The smallest absolute Gasteiger partial charge is 0.253 e. The fourth-order valence-electron chi connectivity index (χ4n) is 6.36. The van der Waals surface area contributed by atoms with Crippen molar-refractivity contribution in [1.82, 2.24) is 14.9 Å². The van der Waals surface area contributed by atoms with E-state index in [4.69, 9.17) is 0 Å². The van der Waals surface area contributed by atoms with Gasteiger partial charge in [-0.3, -0.25) is 9.59 Å². The lowest BCUT2D eigenvalue weighted by Gasteiger charge is -2.40. The highest BCUT2D eigenvalue weighted by atomic mass is 16.2. The van der Waals surface area contributed by atoms with Gasteiger partial charge in [-0.2, -0.15) is 0 Å². The number of H-pyrrole nitrogens is 1. The number of hydrogen-bond acceptors (Lipinski definition) is 3. The third-order valence-corrected chi connectivity index (χ3v) is 8.28. The minimum atomic E-state index is -0.0208. The first-order valence-electron chi connectivity index (χ1n) is 12.4. The van der Waals surface area contributed by atoms with Crippen molar-refractivity contribution in [3.05, 3.63) is 83.2 Å². The molecule has 1 saturated heterocycles. The average molecular weight is 463 g/mol. The molecule has 6 heteroatoms. The maximum atomic E-state index is 13.4. The van der Waals surface area contributed by atoms with Gasteiger partial charge in [-0.15, -0.1) is 0 Å². The quantitative estimate of drug-likeness (QED) is 0.447. The molecule has 0 atom stereocenters. The number of nitrogens with zero attached hydrogens (tertiary/aromatic N) is 2. The average Bonchev–Trinajstić information content (AvgIpc) is 3.58. The van der Waals surface area contributed by atoms with Gasteiger partial charge in [0.1, 0.15) is 5.82 Å². The van der Waals surface area contributed by atoms with Crippen LogP contribution >= 0.6 is 0 Å². The number of rotatable bonds is 2. The number of hydrogen-bond donors (Lipinski definition) is 2. The molecule has 35 heavy (non-hydrogen) atoms. The molecule has 1 fully saturated rings. The molecular weight excluding hydrogens is 436 g/mol. The largest absolute Gasteiger partial charge is 0.361 e. The zero-order chi connectivity index (χ0) is 23.6. The van der Waals surface area contributed by atoms with Gasteiger partial charge >= 0.3 is 0 Å². The third kappa shape index (κ3) is 3.20. The van der Waals surface area contributed by atoms with Crippen LogP contribution in [0.1, 0.15) is 46.3 Å². The van der Waals surface area contributed by atoms with Crippen molar-refractivity contribution in [2.45, 2.75) is 37.5 Å². The number of aryl methyl sites for hydroxylation is 1. The molecule has 2 amide bonds. The van der Waals surface area contributed by atoms with Crippen LogP contribution in [0.4, 0.5) is 5.82 Å². The first kappa shape index (κ1) is 20.4. The van der Waals surface area contributed by atoms with E-state index >= 15 is 0 Å². The van der Waals surface area contributed by atoms with E-state index in [-0.39, 0.29) is 17.2 Å². The van der Waals surface area contributed by atoms with Crippen LogP contribution in [0.5, 0.6) is 0 Å². The summed E-state index contributed by atoms with van der Waals surface area (Å²) in [6.45, 7) is 1.60. The van der Waals surface area contributed by atoms with E-state index < -0.39 is 0 Å². The highest BCUT2D eigenvalue weighted by Gasteiger charge is 2.41. The summed E-state index contributed by atoms with van der Waals surface area (Å²) in [7, 11) is 0. The molecule has 174 valence electrons. The molecule has 6 nitrogen and oxygen atoms in total. The second kappa shape index (κ2) is 7.54. The van der Waals surface area contributed by atoms with Crippen LogP contribution in [0.15, 0.2) is 60.9 Å². The Morgan fingerprint density at radius 2 is 1.86 bits per heavy atom. The Morgan fingerprint density at radius 3 is 2.74 bits per heavy atom. The number of carbonyl (C=O) groups excluding carboxylic acids is 2. The number of anilines is 1. The van der Waals surface area contributed by atoms with E-state index in [0.29, 0.717) is 12.2 Å². The summed E-state index contributed by atoms with van der Waals surface area (Å²) in [4.78, 5) is 34.8. The minimum absolute atomic E-state index is 0.0208. The molecule has 4 aromatic rings. The monoisotopic (exact) mass is 462 g/mol. The first-order chi connectivity index (χ1) is 17.1. The van der Waals surface area contributed by atoms with Gasteiger partial charge in [0.05, 0.1) is 6.42 Å². The minimum Gasteiger partial charge on any atom is -0.361 e. The van der Waals surface area contributed by atoms with Gasteiger partial charge in [0.2, 0.25) is 5.91 Å². The fourth-order valence-corrected chi connectivity index (χ4v) is 6.36. The molecule has 1 aliphatic carbocycles. The Kier molecular flexibility index (Phi) is 4.40. The van der Waals surface area contributed by atoms with Crippen LogP contribution in [0, 0.1) is 0 Å². The summed E-state index contributed by atoms with van der Waals surface area (Å²) in [5.74, 6) is 0.733. The topological polar surface area (TPSA) is 78.1 Å². The number of fused-ring (bicyclic) bond motifs is 4. The van der Waals surface area contributed by atoms with E-state index in [2.05, 4.69) is 39.6 Å². The van der Waals surface area contributed by atoms with Crippen molar-refractivity contribution < 1.29 is 9.59 Å². The van der Waals surface area contributed by atoms with E-state index in [1.54, 1.807) is 6.20 Å². The number of piperidine rings is 1. The Balaban J connectivity index is 1.11. The zero-order valence-electron chi connectivity index (χ0n) is 19.4. The Bertz CT molecular complexity index is 1510. The normalized spacial score (nSPS) is 18.1. The molecule has 7 rings (SSSR count). The predicted octanol–water partition coefficient (Wildman–Crippen LogP) is 4.84. The van der Waals surface area contributed by atoms with Crippen molar-refractivity contribution in [1.29, 1.82) is 0 Å². The molecule has 0 unspecified atom stereocenters. The third-order valence-electron chi connectivity index (χ3n) is 8.28. The summed E-state index contributed by atoms with van der Waals surface area (Å²) < 4.78 is 0. The lowest BCUT2D eigenvalue weighted by atomic mass is 9.74. The highest BCUT2D eigenvalue weighted by molar-refractivity contribution is 6.03. The number of aromatic nitrogens is 2. The number of likely N-dealkylation sites (tertiary alicyclic amines) is 1. The van der Waals surface area contributed by atoms with Gasteiger partial charge in [-0.1, -0.05) is 30.3 Å². The molecule has 3 aliphatic rings. The van der Waals surface area contributed by atoms with Crippen molar-refractivity contribution in [2.24, 2.45) is 0 Å². The predicted molar refractivity (Wildman–Crippen MR) is 135 cm³/mol. The SMILES string of the molecule is O=C1Cc2cc(-c3c[nH]c4cc(C(=O)N5CCC6(CCc7ccccc76)CC5)ccc34)cnc2N1.